The monoisotopic (exact) mass is 354 g/mol. The van der Waals surface area contributed by atoms with Crippen molar-refractivity contribution in [3.05, 3.63) is 51.4 Å². The SMILES string of the molecule is C[C@@H]1CCc2c(sc3c2C(=O)N[C@H](c2ccc(C(C)(C)C)cc2)N3)C1. The first-order valence-electron chi connectivity index (χ1n) is 9.15. The molecule has 4 rings (SSSR count). The molecule has 4 heteroatoms. The van der Waals surface area contributed by atoms with Crippen LogP contribution in [0.3, 0.4) is 0 Å². The number of thiophene rings is 1. The predicted octanol–water partition coefficient (Wildman–Crippen LogP) is 5.02. The zero-order chi connectivity index (χ0) is 17.8. The van der Waals surface area contributed by atoms with Gasteiger partial charge in [0.2, 0.25) is 0 Å². The van der Waals surface area contributed by atoms with E-state index in [0.29, 0.717) is 0 Å². The minimum Gasteiger partial charge on any atom is -0.353 e. The fourth-order valence-electron chi connectivity index (χ4n) is 3.81. The molecule has 1 aromatic carbocycles. The van der Waals surface area contributed by atoms with Crippen molar-refractivity contribution >= 4 is 22.2 Å². The van der Waals surface area contributed by atoms with Gasteiger partial charge in [-0.15, -0.1) is 11.3 Å². The maximum Gasteiger partial charge on any atom is 0.256 e. The van der Waals surface area contributed by atoms with E-state index >= 15 is 0 Å². The molecular formula is C21H26N2OS. The molecule has 3 nitrogen and oxygen atoms in total. The topological polar surface area (TPSA) is 41.1 Å². The molecule has 2 aliphatic rings. The normalized spacial score (nSPS) is 22.6. The number of rotatable bonds is 1. The van der Waals surface area contributed by atoms with Gasteiger partial charge in [-0.25, -0.2) is 0 Å². The van der Waals surface area contributed by atoms with Gasteiger partial charge in [0.1, 0.15) is 11.2 Å². The molecule has 2 atom stereocenters. The fraction of sp³-hybridized carbons (Fsp3) is 0.476. The Labute approximate surface area is 153 Å². The maximum absolute atomic E-state index is 12.8. The first kappa shape index (κ1) is 16.6. The molecule has 1 aliphatic heterocycles. The van der Waals surface area contributed by atoms with E-state index in [-0.39, 0.29) is 17.5 Å². The largest absolute Gasteiger partial charge is 0.353 e. The maximum atomic E-state index is 12.8. The Hall–Kier alpha value is -1.81. The van der Waals surface area contributed by atoms with Crippen LogP contribution in [0, 0.1) is 5.92 Å². The highest BCUT2D eigenvalue weighted by Gasteiger charge is 2.33. The van der Waals surface area contributed by atoms with Crippen LogP contribution < -0.4 is 10.6 Å². The van der Waals surface area contributed by atoms with E-state index in [0.717, 1.165) is 34.9 Å². The predicted molar refractivity (Wildman–Crippen MR) is 104 cm³/mol. The summed E-state index contributed by atoms with van der Waals surface area (Å²) < 4.78 is 0. The molecule has 25 heavy (non-hydrogen) atoms. The van der Waals surface area contributed by atoms with E-state index in [4.69, 9.17) is 0 Å². The quantitative estimate of drug-likeness (QED) is 0.754. The fourth-order valence-corrected chi connectivity index (χ4v) is 5.24. The Bertz CT molecular complexity index is 814. The summed E-state index contributed by atoms with van der Waals surface area (Å²) in [6.07, 6.45) is 3.17. The van der Waals surface area contributed by atoms with Gasteiger partial charge in [-0.05, 0) is 47.3 Å². The minimum atomic E-state index is -0.147. The molecule has 0 saturated heterocycles. The average Bonchev–Trinajstić information content (AvgIpc) is 2.91. The van der Waals surface area contributed by atoms with Gasteiger partial charge in [0, 0.05) is 4.88 Å². The molecule has 2 aromatic rings. The molecule has 0 radical (unpaired) electrons. The smallest absolute Gasteiger partial charge is 0.256 e. The van der Waals surface area contributed by atoms with Gasteiger partial charge < -0.3 is 10.6 Å². The zero-order valence-electron chi connectivity index (χ0n) is 15.4. The van der Waals surface area contributed by atoms with Crippen molar-refractivity contribution < 1.29 is 4.79 Å². The van der Waals surface area contributed by atoms with Crippen molar-refractivity contribution in [3.8, 4) is 0 Å². The van der Waals surface area contributed by atoms with Crippen LogP contribution in [0.4, 0.5) is 5.00 Å². The molecule has 0 saturated carbocycles. The lowest BCUT2D eigenvalue weighted by Crippen LogP contribution is -2.38. The van der Waals surface area contributed by atoms with Crippen LogP contribution in [0.2, 0.25) is 0 Å². The van der Waals surface area contributed by atoms with Crippen molar-refractivity contribution in [1.29, 1.82) is 0 Å². The number of nitrogens with one attached hydrogen (secondary N) is 2. The van der Waals surface area contributed by atoms with Crippen molar-refractivity contribution in [1.82, 2.24) is 5.32 Å². The summed E-state index contributed by atoms with van der Waals surface area (Å²) in [5.74, 6) is 0.794. The number of anilines is 1. The molecule has 2 N–H and O–H groups in total. The van der Waals surface area contributed by atoms with Gasteiger partial charge >= 0.3 is 0 Å². The van der Waals surface area contributed by atoms with Crippen LogP contribution in [-0.4, -0.2) is 5.91 Å². The second kappa shape index (κ2) is 5.87. The Morgan fingerprint density at radius 2 is 1.84 bits per heavy atom. The minimum absolute atomic E-state index is 0.0747. The zero-order valence-corrected chi connectivity index (χ0v) is 16.2. The molecule has 0 bridgehead atoms. The van der Waals surface area contributed by atoms with Crippen LogP contribution in [0.25, 0.3) is 0 Å². The number of amides is 1. The Balaban J connectivity index is 1.63. The van der Waals surface area contributed by atoms with Gasteiger partial charge in [-0.3, -0.25) is 4.79 Å². The second-order valence-electron chi connectivity index (χ2n) is 8.48. The number of carbonyl (C=O) groups excluding carboxylic acids is 1. The van der Waals surface area contributed by atoms with Gasteiger partial charge in [0.15, 0.2) is 0 Å². The van der Waals surface area contributed by atoms with E-state index in [2.05, 4.69) is 62.6 Å². The first-order chi connectivity index (χ1) is 11.8. The van der Waals surface area contributed by atoms with Gasteiger partial charge in [-0.1, -0.05) is 52.0 Å². The number of hydrogen-bond donors (Lipinski definition) is 2. The third-order valence-corrected chi connectivity index (χ3v) is 6.59. The van der Waals surface area contributed by atoms with E-state index in [1.807, 2.05) is 0 Å². The standard InChI is InChI=1S/C21H26N2OS/c1-12-5-10-15-16(11-12)25-20-17(15)19(24)22-18(23-20)13-6-8-14(9-7-13)21(2,3)4/h6-9,12,18,23H,5,10-11H2,1-4H3,(H,22,24)/t12-,18+/m1/s1. The summed E-state index contributed by atoms with van der Waals surface area (Å²) in [6.45, 7) is 8.94. The lowest BCUT2D eigenvalue weighted by Gasteiger charge is -2.28. The summed E-state index contributed by atoms with van der Waals surface area (Å²) in [5.41, 5.74) is 4.73. The molecule has 132 valence electrons. The number of hydrogen-bond acceptors (Lipinski definition) is 3. The van der Waals surface area contributed by atoms with Gasteiger partial charge in [0.25, 0.3) is 5.91 Å². The second-order valence-corrected chi connectivity index (χ2v) is 9.58. The summed E-state index contributed by atoms with van der Waals surface area (Å²) in [7, 11) is 0. The Morgan fingerprint density at radius 3 is 2.52 bits per heavy atom. The Kier molecular flexibility index (Phi) is 3.91. The molecular weight excluding hydrogens is 328 g/mol. The molecule has 0 spiro atoms. The lowest BCUT2D eigenvalue weighted by atomic mass is 9.86. The highest BCUT2D eigenvalue weighted by Crippen LogP contribution is 2.42. The van der Waals surface area contributed by atoms with Crippen LogP contribution >= 0.6 is 11.3 Å². The summed E-state index contributed by atoms with van der Waals surface area (Å²) in [6, 6.07) is 8.58. The molecule has 1 aromatic heterocycles. The molecule has 1 amide bonds. The molecule has 1 aliphatic carbocycles. The van der Waals surface area contributed by atoms with Crippen molar-refractivity contribution in [2.45, 2.75) is 58.5 Å². The lowest BCUT2D eigenvalue weighted by molar-refractivity contribution is 0.0935. The average molecular weight is 355 g/mol. The van der Waals surface area contributed by atoms with Gasteiger partial charge in [-0.2, -0.15) is 0 Å². The Morgan fingerprint density at radius 1 is 1.12 bits per heavy atom. The van der Waals surface area contributed by atoms with Crippen molar-refractivity contribution in [2.75, 3.05) is 5.32 Å². The van der Waals surface area contributed by atoms with E-state index in [1.165, 1.54) is 22.4 Å². The summed E-state index contributed by atoms with van der Waals surface area (Å²) >= 11 is 1.78. The molecule has 2 heterocycles. The van der Waals surface area contributed by atoms with E-state index in [9.17, 15) is 4.79 Å². The third kappa shape index (κ3) is 2.97. The summed E-state index contributed by atoms with van der Waals surface area (Å²) in [4.78, 5) is 14.2. The highest BCUT2D eigenvalue weighted by atomic mass is 32.1. The van der Waals surface area contributed by atoms with Gasteiger partial charge in [0.05, 0.1) is 5.56 Å². The van der Waals surface area contributed by atoms with Crippen LogP contribution in [0.5, 0.6) is 0 Å². The number of fused-ring (bicyclic) bond motifs is 3. The molecule has 0 unspecified atom stereocenters. The first-order valence-corrected chi connectivity index (χ1v) is 9.97. The van der Waals surface area contributed by atoms with E-state index in [1.54, 1.807) is 11.3 Å². The molecule has 0 fully saturated rings. The van der Waals surface area contributed by atoms with Crippen molar-refractivity contribution in [2.24, 2.45) is 5.92 Å². The third-order valence-electron chi connectivity index (χ3n) is 5.40. The van der Waals surface area contributed by atoms with Crippen LogP contribution in [-0.2, 0) is 18.3 Å². The van der Waals surface area contributed by atoms with Crippen LogP contribution in [0.15, 0.2) is 24.3 Å². The summed E-state index contributed by atoms with van der Waals surface area (Å²) in [5, 5.41) is 7.76. The van der Waals surface area contributed by atoms with Crippen molar-refractivity contribution in [3.63, 3.8) is 0 Å². The number of benzene rings is 1. The number of carbonyl (C=O) groups is 1. The van der Waals surface area contributed by atoms with Crippen LogP contribution in [0.1, 0.15) is 72.2 Å². The highest BCUT2D eigenvalue weighted by molar-refractivity contribution is 7.16. The van der Waals surface area contributed by atoms with E-state index < -0.39 is 0 Å².